The molecule has 0 rings (SSSR count). The zero-order chi connectivity index (χ0) is 11.7. The van der Waals surface area contributed by atoms with Crippen molar-refractivity contribution in [1.82, 2.24) is 0 Å². The smallest absolute Gasteiger partial charge is 0.0383 e. The van der Waals surface area contributed by atoms with Gasteiger partial charge in [-0.15, -0.1) is 0 Å². The molecule has 0 spiro atoms. The zero-order valence-corrected chi connectivity index (χ0v) is 11.7. The molecular formula is C15H32. The Balaban J connectivity index is 3.27. The Labute approximate surface area is 97.8 Å². The lowest BCUT2D eigenvalue weighted by molar-refractivity contribution is 0.345. The van der Waals surface area contributed by atoms with Gasteiger partial charge in [0.2, 0.25) is 0 Å². The number of rotatable bonds is 8. The van der Waals surface area contributed by atoms with Gasteiger partial charge in [-0.2, -0.15) is 0 Å². The summed E-state index contributed by atoms with van der Waals surface area (Å²) in [6, 6.07) is 0. The fourth-order valence-electron chi connectivity index (χ4n) is 2.04. The summed E-state index contributed by atoms with van der Waals surface area (Å²) in [6.45, 7) is 11.7. The van der Waals surface area contributed by atoms with E-state index in [2.05, 4.69) is 34.6 Å². The van der Waals surface area contributed by atoms with Crippen LogP contribution in [-0.2, 0) is 0 Å². The Morgan fingerprint density at radius 3 is 1.87 bits per heavy atom. The minimum atomic E-state index is 0.533. The molecule has 0 N–H and O–H groups in total. The van der Waals surface area contributed by atoms with Crippen LogP contribution in [0.2, 0.25) is 0 Å². The van der Waals surface area contributed by atoms with E-state index in [0.29, 0.717) is 5.41 Å². The van der Waals surface area contributed by atoms with Gasteiger partial charge in [-0.3, -0.25) is 0 Å². The average molecular weight is 212 g/mol. The first kappa shape index (κ1) is 15.0. The van der Waals surface area contributed by atoms with E-state index in [-0.39, 0.29) is 0 Å². The highest BCUT2D eigenvalue weighted by atomic mass is 14.2. The maximum absolute atomic E-state index is 2.42. The van der Waals surface area contributed by atoms with Crippen molar-refractivity contribution in [2.75, 3.05) is 0 Å². The van der Waals surface area contributed by atoms with Crippen molar-refractivity contribution in [3.8, 4) is 0 Å². The molecule has 0 amide bonds. The number of unbranched alkanes of at least 4 members (excludes halogenated alkanes) is 3. The SMILES string of the molecule is CCCCCC(C)CCCCC(C)(C)C. The first-order valence-corrected chi connectivity index (χ1v) is 6.95. The molecule has 0 aromatic heterocycles. The monoisotopic (exact) mass is 212 g/mol. The fraction of sp³-hybridized carbons (Fsp3) is 1.00. The van der Waals surface area contributed by atoms with E-state index >= 15 is 0 Å². The van der Waals surface area contributed by atoms with Crippen LogP contribution in [0.25, 0.3) is 0 Å². The Bertz CT molecular complexity index is 129. The second kappa shape index (κ2) is 8.19. The zero-order valence-electron chi connectivity index (χ0n) is 11.7. The average Bonchev–Trinajstić information content (AvgIpc) is 2.11. The predicted octanol–water partition coefficient (Wildman–Crippen LogP) is 5.81. The van der Waals surface area contributed by atoms with Gasteiger partial charge in [-0.25, -0.2) is 0 Å². The molecule has 0 aliphatic heterocycles. The third-order valence-electron chi connectivity index (χ3n) is 3.17. The highest BCUT2D eigenvalue weighted by molar-refractivity contribution is 4.62. The molecular weight excluding hydrogens is 180 g/mol. The van der Waals surface area contributed by atoms with Crippen LogP contribution in [0.1, 0.15) is 86.0 Å². The standard InChI is InChI=1S/C15H32/c1-6-7-8-11-14(2)12-9-10-13-15(3,4)5/h14H,6-13H2,1-5H3. The van der Waals surface area contributed by atoms with Crippen LogP contribution < -0.4 is 0 Å². The normalized spacial score (nSPS) is 14.2. The maximum atomic E-state index is 2.42. The molecule has 0 fully saturated rings. The van der Waals surface area contributed by atoms with E-state index in [1.165, 1.54) is 51.4 Å². The van der Waals surface area contributed by atoms with Gasteiger partial charge in [0, 0.05) is 0 Å². The summed E-state index contributed by atoms with van der Waals surface area (Å²) in [4.78, 5) is 0. The summed E-state index contributed by atoms with van der Waals surface area (Å²) in [5.41, 5.74) is 0.533. The van der Waals surface area contributed by atoms with Crippen molar-refractivity contribution < 1.29 is 0 Å². The highest BCUT2D eigenvalue weighted by Gasteiger charge is 2.09. The third-order valence-corrected chi connectivity index (χ3v) is 3.17. The third kappa shape index (κ3) is 11.9. The Morgan fingerprint density at radius 1 is 0.867 bits per heavy atom. The second-order valence-corrected chi connectivity index (χ2v) is 6.41. The van der Waals surface area contributed by atoms with Crippen molar-refractivity contribution in [3.63, 3.8) is 0 Å². The van der Waals surface area contributed by atoms with Crippen LogP contribution >= 0.6 is 0 Å². The summed E-state index contributed by atoms with van der Waals surface area (Å²) in [6.07, 6.45) is 11.4. The summed E-state index contributed by atoms with van der Waals surface area (Å²) in [7, 11) is 0. The molecule has 0 radical (unpaired) electrons. The van der Waals surface area contributed by atoms with E-state index in [0.717, 1.165) is 5.92 Å². The molecule has 1 unspecified atom stereocenters. The molecule has 0 bridgehead atoms. The van der Waals surface area contributed by atoms with Crippen molar-refractivity contribution in [1.29, 1.82) is 0 Å². The summed E-state index contributed by atoms with van der Waals surface area (Å²) in [5.74, 6) is 0.955. The van der Waals surface area contributed by atoms with Crippen molar-refractivity contribution in [3.05, 3.63) is 0 Å². The topological polar surface area (TPSA) is 0 Å². The van der Waals surface area contributed by atoms with Gasteiger partial charge in [-0.05, 0) is 17.8 Å². The van der Waals surface area contributed by atoms with Crippen LogP contribution in [0.3, 0.4) is 0 Å². The van der Waals surface area contributed by atoms with Gasteiger partial charge in [0.1, 0.15) is 0 Å². The molecule has 0 saturated carbocycles. The van der Waals surface area contributed by atoms with Crippen LogP contribution in [0.15, 0.2) is 0 Å². The largest absolute Gasteiger partial charge is 0.0654 e. The van der Waals surface area contributed by atoms with Crippen molar-refractivity contribution in [2.24, 2.45) is 11.3 Å². The molecule has 0 aromatic rings. The summed E-state index contributed by atoms with van der Waals surface area (Å²) in [5, 5.41) is 0. The molecule has 0 nitrogen and oxygen atoms in total. The lowest BCUT2D eigenvalue weighted by Crippen LogP contribution is -2.04. The van der Waals surface area contributed by atoms with Gasteiger partial charge in [0.05, 0.1) is 0 Å². The molecule has 15 heavy (non-hydrogen) atoms. The van der Waals surface area contributed by atoms with Gasteiger partial charge >= 0.3 is 0 Å². The van der Waals surface area contributed by atoms with Crippen molar-refractivity contribution in [2.45, 2.75) is 86.0 Å². The molecule has 0 heterocycles. The van der Waals surface area contributed by atoms with Gasteiger partial charge < -0.3 is 0 Å². The Hall–Kier alpha value is 0. The minimum Gasteiger partial charge on any atom is -0.0654 e. The molecule has 0 saturated heterocycles. The second-order valence-electron chi connectivity index (χ2n) is 6.41. The van der Waals surface area contributed by atoms with Gasteiger partial charge in [-0.1, -0.05) is 79.6 Å². The lowest BCUT2D eigenvalue weighted by Gasteiger charge is -2.18. The minimum absolute atomic E-state index is 0.533. The number of hydrogen-bond acceptors (Lipinski definition) is 0. The molecule has 0 aliphatic rings. The van der Waals surface area contributed by atoms with Crippen LogP contribution in [0.5, 0.6) is 0 Å². The lowest BCUT2D eigenvalue weighted by atomic mass is 9.88. The summed E-state index contributed by atoms with van der Waals surface area (Å²) < 4.78 is 0. The Kier molecular flexibility index (Phi) is 8.19. The molecule has 0 heteroatoms. The van der Waals surface area contributed by atoms with E-state index in [1.54, 1.807) is 0 Å². The van der Waals surface area contributed by atoms with Gasteiger partial charge in [0.25, 0.3) is 0 Å². The molecule has 0 aromatic carbocycles. The van der Waals surface area contributed by atoms with Crippen molar-refractivity contribution >= 4 is 0 Å². The van der Waals surface area contributed by atoms with E-state index < -0.39 is 0 Å². The van der Waals surface area contributed by atoms with Gasteiger partial charge in [0.15, 0.2) is 0 Å². The van der Waals surface area contributed by atoms with E-state index in [4.69, 9.17) is 0 Å². The molecule has 92 valence electrons. The first-order valence-electron chi connectivity index (χ1n) is 6.95. The van der Waals surface area contributed by atoms with Crippen LogP contribution in [0, 0.1) is 11.3 Å². The number of hydrogen-bond donors (Lipinski definition) is 0. The quantitative estimate of drug-likeness (QED) is 0.445. The summed E-state index contributed by atoms with van der Waals surface area (Å²) >= 11 is 0. The fourth-order valence-corrected chi connectivity index (χ4v) is 2.04. The van der Waals surface area contributed by atoms with E-state index in [1.807, 2.05) is 0 Å². The van der Waals surface area contributed by atoms with E-state index in [9.17, 15) is 0 Å². The maximum Gasteiger partial charge on any atom is -0.0383 e. The first-order chi connectivity index (χ1) is 6.95. The Morgan fingerprint density at radius 2 is 1.40 bits per heavy atom. The molecule has 1 atom stereocenters. The van der Waals surface area contributed by atoms with Crippen LogP contribution in [-0.4, -0.2) is 0 Å². The van der Waals surface area contributed by atoms with Crippen LogP contribution in [0.4, 0.5) is 0 Å². The highest BCUT2D eigenvalue weighted by Crippen LogP contribution is 2.24. The predicted molar refractivity (Wildman–Crippen MR) is 71.2 cm³/mol. The molecule has 0 aliphatic carbocycles.